The summed E-state index contributed by atoms with van der Waals surface area (Å²) in [4.78, 5) is 14.8. The van der Waals surface area contributed by atoms with Crippen LogP contribution < -0.4 is 0 Å². The Balaban J connectivity index is 1.79. The molecule has 0 radical (unpaired) electrons. The number of carbonyl (C=O) groups excluding carboxylic acids is 1. The molecule has 3 rings (SSSR count). The highest BCUT2D eigenvalue weighted by Gasteiger charge is 2.27. The van der Waals surface area contributed by atoms with Crippen molar-refractivity contribution in [3.8, 4) is 5.69 Å². The first-order valence-electron chi connectivity index (χ1n) is 8.55. The molecule has 0 aliphatic heterocycles. The quantitative estimate of drug-likeness (QED) is 0.769. The van der Waals surface area contributed by atoms with Crippen LogP contribution in [0.3, 0.4) is 0 Å². The van der Waals surface area contributed by atoms with Gasteiger partial charge in [0.1, 0.15) is 0 Å². The fraction of sp³-hybridized carbons (Fsp3) is 0.474. The van der Waals surface area contributed by atoms with Crippen molar-refractivity contribution in [2.24, 2.45) is 5.92 Å². The summed E-state index contributed by atoms with van der Waals surface area (Å²) < 4.78 is 2.86. The molecule has 24 heavy (non-hydrogen) atoms. The van der Waals surface area contributed by atoms with Gasteiger partial charge >= 0.3 is 0 Å². The topological polar surface area (TPSA) is 38.1 Å². The van der Waals surface area contributed by atoms with Gasteiger partial charge < -0.3 is 4.90 Å². The Morgan fingerprint density at radius 3 is 2.46 bits per heavy atom. The molecule has 5 heteroatoms. The zero-order valence-corrected chi connectivity index (χ0v) is 16.1. The maximum atomic E-state index is 12.9. The molecule has 1 aromatic heterocycles. The van der Waals surface area contributed by atoms with Crippen LogP contribution in [0.5, 0.6) is 0 Å². The van der Waals surface area contributed by atoms with E-state index in [0.29, 0.717) is 11.6 Å². The zero-order valence-electron chi connectivity index (χ0n) is 14.5. The van der Waals surface area contributed by atoms with Crippen LogP contribution in [0.4, 0.5) is 0 Å². The van der Waals surface area contributed by atoms with Crippen LogP contribution >= 0.6 is 15.9 Å². The van der Waals surface area contributed by atoms with E-state index in [1.807, 2.05) is 47.8 Å². The van der Waals surface area contributed by atoms with Crippen LogP contribution in [0, 0.1) is 12.8 Å². The smallest absolute Gasteiger partial charge is 0.257 e. The van der Waals surface area contributed by atoms with Crippen molar-refractivity contribution in [1.82, 2.24) is 14.7 Å². The lowest BCUT2D eigenvalue weighted by atomic mass is 9.86. The largest absolute Gasteiger partial charge is 0.339 e. The number of amides is 1. The summed E-state index contributed by atoms with van der Waals surface area (Å²) in [5, 5.41) is 4.43. The summed E-state index contributed by atoms with van der Waals surface area (Å²) in [5.41, 5.74) is 2.54. The monoisotopic (exact) mass is 389 g/mol. The van der Waals surface area contributed by atoms with Gasteiger partial charge in [-0.25, -0.2) is 4.68 Å². The Morgan fingerprint density at radius 1 is 1.21 bits per heavy atom. The first-order valence-corrected chi connectivity index (χ1v) is 9.34. The molecule has 0 atom stereocenters. The van der Waals surface area contributed by atoms with Gasteiger partial charge in [-0.1, -0.05) is 22.9 Å². The van der Waals surface area contributed by atoms with Gasteiger partial charge in [-0.3, -0.25) is 4.79 Å². The maximum Gasteiger partial charge on any atom is 0.257 e. The van der Waals surface area contributed by atoms with Crippen molar-refractivity contribution in [2.75, 3.05) is 7.05 Å². The molecule has 0 bridgehead atoms. The van der Waals surface area contributed by atoms with Crippen LogP contribution in [0.1, 0.15) is 48.7 Å². The van der Waals surface area contributed by atoms with Crippen molar-refractivity contribution >= 4 is 21.8 Å². The fourth-order valence-electron chi connectivity index (χ4n) is 3.45. The second-order valence-corrected chi connectivity index (χ2v) is 7.78. The summed E-state index contributed by atoms with van der Waals surface area (Å²) in [6.45, 7) is 4.25. The summed E-state index contributed by atoms with van der Waals surface area (Å²) in [6, 6.07) is 8.29. The summed E-state index contributed by atoms with van der Waals surface area (Å²) >= 11 is 3.44. The molecule has 0 saturated heterocycles. The van der Waals surface area contributed by atoms with Crippen molar-refractivity contribution in [1.29, 1.82) is 0 Å². The molecule has 1 amide bonds. The third kappa shape index (κ3) is 3.41. The number of hydrogen-bond acceptors (Lipinski definition) is 2. The van der Waals surface area contributed by atoms with Gasteiger partial charge in [-0.15, -0.1) is 0 Å². The number of aromatic nitrogens is 2. The zero-order chi connectivity index (χ0) is 17.3. The van der Waals surface area contributed by atoms with E-state index >= 15 is 0 Å². The molecule has 1 aliphatic rings. The molecule has 1 heterocycles. The lowest BCUT2D eigenvalue weighted by Gasteiger charge is -2.33. The minimum Gasteiger partial charge on any atom is -0.339 e. The SMILES string of the molecule is Cc1c(C(=O)N(C)C2CCC(C)CC2)cnn1-c1ccc(Br)cc1. The van der Waals surface area contributed by atoms with Gasteiger partial charge in [0, 0.05) is 17.6 Å². The Hall–Kier alpha value is -1.62. The molecule has 1 fully saturated rings. The minimum atomic E-state index is 0.0791. The van der Waals surface area contributed by atoms with E-state index in [0.717, 1.165) is 34.6 Å². The van der Waals surface area contributed by atoms with Crippen molar-refractivity contribution in [2.45, 2.75) is 45.6 Å². The van der Waals surface area contributed by atoms with Crippen LogP contribution in [-0.2, 0) is 0 Å². The van der Waals surface area contributed by atoms with E-state index in [1.54, 1.807) is 6.20 Å². The first kappa shape index (κ1) is 17.2. The second-order valence-electron chi connectivity index (χ2n) is 6.86. The van der Waals surface area contributed by atoms with Crippen molar-refractivity contribution in [3.05, 3.63) is 46.2 Å². The highest BCUT2D eigenvalue weighted by atomic mass is 79.9. The van der Waals surface area contributed by atoms with Gasteiger partial charge in [0.15, 0.2) is 0 Å². The molecule has 0 spiro atoms. The van der Waals surface area contributed by atoms with E-state index in [1.165, 1.54) is 12.8 Å². The number of rotatable bonds is 3. The first-order chi connectivity index (χ1) is 11.5. The number of nitrogens with zero attached hydrogens (tertiary/aromatic N) is 3. The van der Waals surface area contributed by atoms with E-state index in [2.05, 4.69) is 28.0 Å². The van der Waals surface area contributed by atoms with Crippen molar-refractivity contribution < 1.29 is 4.79 Å². The molecular formula is C19H24BrN3O. The normalized spacial score (nSPS) is 20.8. The van der Waals surface area contributed by atoms with E-state index in [4.69, 9.17) is 0 Å². The highest BCUT2D eigenvalue weighted by molar-refractivity contribution is 9.10. The standard InChI is InChI=1S/C19H24BrN3O/c1-13-4-8-16(9-5-13)22(3)19(24)18-12-21-23(14(18)2)17-10-6-15(20)7-11-17/h6-7,10-13,16H,4-5,8-9H2,1-3H3. The molecule has 1 aliphatic carbocycles. The highest BCUT2D eigenvalue weighted by Crippen LogP contribution is 2.28. The van der Waals surface area contributed by atoms with Gasteiger partial charge in [0.2, 0.25) is 0 Å². The lowest BCUT2D eigenvalue weighted by molar-refractivity contribution is 0.0679. The molecule has 0 unspecified atom stereocenters. The van der Waals surface area contributed by atoms with Crippen LogP contribution in [-0.4, -0.2) is 33.7 Å². The van der Waals surface area contributed by atoms with Gasteiger partial charge in [0.25, 0.3) is 5.91 Å². The molecule has 2 aromatic rings. The molecular weight excluding hydrogens is 366 g/mol. The van der Waals surface area contributed by atoms with Gasteiger partial charge in [-0.05, 0) is 62.8 Å². The van der Waals surface area contributed by atoms with Crippen molar-refractivity contribution in [3.63, 3.8) is 0 Å². The van der Waals surface area contributed by atoms with Crippen LogP contribution in [0.15, 0.2) is 34.9 Å². The predicted octanol–water partition coefficient (Wildman–Crippen LogP) is 4.59. The number of hydrogen-bond donors (Lipinski definition) is 0. The number of carbonyl (C=O) groups is 1. The van der Waals surface area contributed by atoms with Crippen LogP contribution in [0.25, 0.3) is 5.69 Å². The van der Waals surface area contributed by atoms with E-state index in [-0.39, 0.29) is 5.91 Å². The summed E-state index contributed by atoms with van der Waals surface area (Å²) in [5.74, 6) is 0.863. The average molecular weight is 390 g/mol. The third-order valence-corrected chi connectivity index (χ3v) is 5.69. The molecule has 1 aromatic carbocycles. The Kier molecular flexibility index (Phi) is 5.09. The lowest BCUT2D eigenvalue weighted by Crippen LogP contribution is -2.39. The molecule has 1 saturated carbocycles. The summed E-state index contributed by atoms with van der Waals surface area (Å²) in [6.07, 6.45) is 6.31. The summed E-state index contributed by atoms with van der Waals surface area (Å²) in [7, 11) is 1.93. The minimum absolute atomic E-state index is 0.0791. The van der Waals surface area contributed by atoms with Gasteiger partial charge in [-0.2, -0.15) is 5.10 Å². The second kappa shape index (κ2) is 7.09. The van der Waals surface area contributed by atoms with E-state index < -0.39 is 0 Å². The van der Waals surface area contributed by atoms with Gasteiger partial charge in [0.05, 0.1) is 23.1 Å². The van der Waals surface area contributed by atoms with E-state index in [9.17, 15) is 4.79 Å². The average Bonchev–Trinajstić information content (AvgIpc) is 2.96. The third-order valence-electron chi connectivity index (χ3n) is 5.16. The number of halogens is 1. The Morgan fingerprint density at radius 2 is 1.83 bits per heavy atom. The Labute approximate surface area is 152 Å². The molecule has 0 N–H and O–H groups in total. The number of benzene rings is 1. The Bertz CT molecular complexity index is 715. The molecule has 4 nitrogen and oxygen atoms in total. The van der Waals surface area contributed by atoms with Crippen LogP contribution in [0.2, 0.25) is 0 Å². The molecule has 128 valence electrons. The fourth-order valence-corrected chi connectivity index (χ4v) is 3.71. The maximum absolute atomic E-state index is 12.9. The predicted molar refractivity (Wildman–Crippen MR) is 99.5 cm³/mol.